The maximum atomic E-state index is 13.1. The van der Waals surface area contributed by atoms with Crippen LogP contribution in [0.3, 0.4) is 0 Å². The zero-order chi connectivity index (χ0) is 22.2. The normalized spacial score (nSPS) is 52.6. The minimum absolute atomic E-state index is 0.0673. The van der Waals surface area contributed by atoms with Gasteiger partial charge in [0.15, 0.2) is 23.4 Å². The fraction of sp³-hybridized carbons (Fsp3) is 0.611. The molecule has 2 bridgehead atoms. The van der Waals surface area contributed by atoms with Gasteiger partial charge in [-0.25, -0.2) is 0 Å². The van der Waals surface area contributed by atoms with Crippen LogP contribution in [0, 0.1) is 0 Å². The lowest BCUT2D eigenvalue weighted by Gasteiger charge is -2.62. The number of carbonyl (C=O) groups is 1. The van der Waals surface area contributed by atoms with Gasteiger partial charge in [0.05, 0.1) is 22.2 Å². The lowest BCUT2D eigenvalue weighted by Crippen LogP contribution is -2.76. The van der Waals surface area contributed by atoms with E-state index in [1.807, 2.05) is 0 Å². The highest BCUT2D eigenvalue weighted by atomic mass is 16.5. The molecule has 1 aromatic carbocycles. The molecule has 2 aliphatic heterocycles. The molecule has 1 spiro atoms. The van der Waals surface area contributed by atoms with E-state index in [4.69, 9.17) is 17.7 Å². The molecule has 5 nitrogen and oxygen atoms in total. The van der Waals surface area contributed by atoms with Gasteiger partial charge < -0.3 is 19.5 Å². The predicted molar refractivity (Wildman–Crippen MR) is 83.0 cm³/mol. The standard InChI is InChI=1S/C18H21NO4/c1-19-8-7-17-14-10-3-4-12(22-2)15(14)23-16(17)11(20)5-6-18(17,21)13(19)9-10/h3-4,13,16,21H,5-9H2,1-2H3/t13-,16?,17+,18-/m1/s1/i3D,4D,5D2,9D2,13D. The molecule has 0 amide bonds. The second-order valence-electron chi connectivity index (χ2n) is 6.55. The van der Waals surface area contributed by atoms with Crippen molar-refractivity contribution < 1.29 is 29.0 Å². The molecule has 1 saturated carbocycles. The van der Waals surface area contributed by atoms with Crippen LogP contribution in [-0.4, -0.2) is 54.2 Å². The second kappa shape index (κ2) is 4.08. The van der Waals surface area contributed by atoms with Crippen LogP contribution in [-0.2, 0) is 16.6 Å². The number of hydrogen-bond acceptors (Lipinski definition) is 5. The number of rotatable bonds is 1. The quantitative estimate of drug-likeness (QED) is 0.837. The zero-order valence-electron chi connectivity index (χ0n) is 19.8. The summed E-state index contributed by atoms with van der Waals surface area (Å²) in [5.74, 6) is -1.17. The molecule has 1 aromatic rings. The lowest BCUT2D eigenvalue weighted by molar-refractivity contribution is -0.185. The zero-order valence-corrected chi connectivity index (χ0v) is 12.8. The van der Waals surface area contributed by atoms with Gasteiger partial charge in [0.2, 0.25) is 0 Å². The molecule has 5 rings (SSSR count). The molecule has 23 heavy (non-hydrogen) atoms. The van der Waals surface area contributed by atoms with Crippen molar-refractivity contribution in [2.75, 3.05) is 20.7 Å². The van der Waals surface area contributed by atoms with Crippen LogP contribution in [0.1, 0.15) is 39.9 Å². The maximum absolute atomic E-state index is 13.1. The van der Waals surface area contributed by atoms with E-state index in [0.717, 1.165) is 0 Å². The number of nitrogens with zero attached hydrogens (tertiary/aromatic N) is 1. The number of aliphatic hydroxyl groups is 1. The molecular formula is C18H21NO4. The summed E-state index contributed by atoms with van der Waals surface area (Å²) in [7, 11) is 2.72. The average Bonchev–Trinajstić information content (AvgIpc) is 2.98. The van der Waals surface area contributed by atoms with Gasteiger partial charge in [-0.2, -0.15) is 0 Å². The Morgan fingerprint density at radius 3 is 3.17 bits per heavy atom. The third-order valence-electron chi connectivity index (χ3n) is 5.67. The molecule has 4 aliphatic rings. The van der Waals surface area contributed by atoms with E-state index >= 15 is 0 Å². The second-order valence-corrected chi connectivity index (χ2v) is 6.55. The SMILES string of the molecule is [2H]c1c([2H])c2c3c(c1OC)OC1C(=O)C([2H])([2H])C[C@]4(O)[C@@]31CCN(C)[C@]4([2H])C2([2H])[2H]. The molecule has 0 aromatic heterocycles. The van der Waals surface area contributed by atoms with Crippen LogP contribution in [0.5, 0.6) is 11.5 Å². The van der Waals surface area contributed by atoms with Gasteiger partial charge >= 0.3 is 0 Å². The minimum atomic E-state index is -2.67. The summed E-state index contributed by atoms with van der Waals surface area (Å²) in [6, 6.07) is -3.36. The molecule has 0 radical (unpaired) electrons. The van der Waals surface area contributed by atoms with Gasteiger partial charge in [0.25, 0.3) is 0 Å². The molecule has 1 N–H and O–H groups in total. The van der Waals surface area contributed by atoms with Crippen molar-refractivity contribution in [2.45, 2.75) is 48.7 Å². The first-order valence-corrected chi connectivity index (χ1v) is 7.60. The van der Waals surface area contributed by atoms with Crippen LogP contribution in [0.25, 0.3) is 0 Å². The van der Waals surface area contributed by atoms with Gasteiger partial charge in [0, 0.05) is 23.4 Å². The first kappa shape index (κ1) is 8.49. The third-order valence-corrected chi connectivity index (χ3v) is 5.67. The number of Topliss-reactive ketones (excluding diaryl/α,β-unsaturated/α-hetero) is 1. The third kappa shape index (κ3) is 1.32. The Kier molecular flexibility index (Phi) is 1.51. The van der Waals surface area contributed by atoms with Crippen LogP contribution >= 0.6 is 0 Å². The number of likely N-dealkylation sites (tertiary alicyclic amines) is 1. The Bertz CT molecular complexity index is 1030. The monoisotopic (exact) mass is 322 g/mol. The van der Waals surface area contributed by atoms with Gasteiger partial charge in [-0.1, -0.05) is 6.04 Å². The first-order valence-electron chi connectivity index (χ1n) is 11.1. The summed E-state index contributed by atoms with van der Waals surface area (Å²) >= 11 is 0. The smallest absolute Gasteiger partial charge is 0.174 e. The Morgan fingerprint density at radius 1 is 1.57 bits per heavy atom. The molecule has 4 atom stereocenters. The van der Waals surface area contributed by atoms with Gasteiger partial charge in [-0.05, 0) is 44.4 Å². The van der Waals surface area contributed by atoms with Gasteiger partial charge in [-0.3, -0.25) is 4.79 Å². The molecule has 122 valence electrons. The number of ketones is 1. The van der Waals surface area contributed by atoms with Crippen molar-refractivity contribution in [3.63, 3.8) is 0 Å². The van der Waals surface area contributed by atoms with Crippen molar-refractivity contribution in [1.82, 2.24) is 4.90 Å². The van der Waals surface area contributed by atoms with Crippen LogP contribution in [0.4, 0.5) is 0 Å². The van der Waals surface area contributed by atoms with Crippen LogP contribution in [0.15, 0.2) is 12.1 Å². The Morgan fingerprint density at radius 2 is 2.39 bits per heavy atom. The topological polar surface area (TPSA) is 59.0 Å². The highest BCUT2D eigenvalue weighted by Crippen LogP contribution is 2.64. The Hall–Kier alpha value is -1.59. The van der Waals surface area contributed by atoms with Gasteiger partial charge in [-0.15, -0.1) is 0 Å². The lowest BCUT2D eigenvalue weighted by atomic mass is 9.49. The number of piperidine rings is 1. The number of ether oxygens (including phenoxy) is 2. The van der Waals surface area contributed by atoms with Crippen LogP contribution in [0.2, 0.25) is 0 Å². The molecule has 2 fully saturated rings. The van der Waals surface area contributed by atoms with Crippen molar-refractivity contribution in [3.05, 3.63) is 23.2 Å². The van der Waals surface area contributed by atoms with E-state index in [9.17, 15) is 11.3 Å². The van der Waals surface area contributed by atoms with E-state index < -0.39 is 60.2 Å². The number of methoxy groups -OCH3 is 1. The van der Waals surface area contributed by atoms with E-state index in [-0.39, 0.29) is 35.6 Å². The van der Waals surface area contributed by atoms with Crippen LogP contribution < -0.4 is 9.47 Å². The number of benzene rings is 1. The largest absolute Gasteiger partial charge is 0.493 e. The predicted octanol–water partition coefficient (Wildman–Crippen LogP) is 1.05. The number of hydrogen-bond donors (Lipinski definition) is 1. The molecule has 5 heteroatoms. The molecule has 2 heterocycles. The summed E-state index contributed by atoms with van der Waals surface area (Å²) in [6.07, 6.45) is -7.40. The maximum Gasteiger partial charge on any atom is 0.174 e. The van der Waals surface area contributed by atoms with E-state index in [1.165, 1.54) is 19.1 Å². The highest BCUT2D eigenvalue weighted by molar-refractivity contribution is 5.90. The number of carbonyl (C=O) groups excluding carboxylic acids is 1. The van der Waals surface area contributed by atoms with Gasteiger partial charge in [0.1, 0.15) is 0 Å². The van der Waals surface area contributed by atoms with E-state index in [1.54, 1.807) is 0 Å². The molecular weight excluding hydrogens is 294 g/mol. The molecule has 2 aliphatic carbocycles. The number of likely N-dealkylation sites (N-methyl/N-ethyl adjacent to an activating group) is 1. The fourth-order valence-electron chi connectivity index (χ4n) is 4.60. The van der Waals surface area contributed by atoms with Crippen molar-refractivity contribution in [3.8, 4) is 11.5 Å². The Balaban J connectivity index is 2.02. The van der Waals surface area contributed by atoms with Crippen molar-refractivity contribution in [1.29, 1.82) is 0 Å². The molecule has 1 unspecified atom stereocenters. The summed E-state index contributed by atoms with van der Waals surface area (Å²) in [6.45, 7) is 0.151. The minimum Gasteiger partial charge on any atom is -0.493 e. The summed E-state index contributed by atoms with van der Waals surface area (Å²) in [5.41, 5.74) is -4.15. The van der Waals surface area contributed by atoms with Crippen molar-refractivity contribution in [2.24, 2.45) is 0 Å². The summed E-state index contributed by atoms with van der Waals surface area (Å²) in [4.78, 5) is 14.4. The van der Waals surface area contributed by atoms with E-state index in [0.29, 0.717) is 0 Å². The average molecular weight is 322 g/mol. The van der Waals surface area contributed by atoms with E-state index in [2.05, 4.69) is 0 Å². The fourth-order valence-corrected chi connectivity index (χ4v) is 4.60. The Labute approximate surface area is 145 Å². The first-order chi connectivity index (χ1) is 13.7. The summed E-state index contributed by atoms with van der Waals surface area (Å²) in [5, 5.41) is 12.1. The van der Waals surface area contributed by atoms with Crippen molar-refractivity contribution >= 4 is 5.78 Å². The molecule has 1 saturated heterocycles. The summed E-state index contributed by atoms with van der Waals surface area (Å²) < 4.78 is 71.5. The highest BCUT2D eigenvalue weighted by Gasteiger charge is 2.72.